The Morgan fingerprint density at radius 3 is 3.00 bits per heavy atom. The molecule has 7 nitrogen and oxygen atoms in total. The maximum Gasteiger partial charge on any atom is 0.313 e. The first-order valence-electron chi connectivity index (χ1n) is 7.51. The smallest absolute Gasteiger partial charge is 0.313 e. The highest BCUT2D eigenvalue weighted by atomic mass is 16.5. The first kappa shape index (κ1) is 15.5. The van der Waals surface area contributed by atoms with Crippen LogP contribution in [0.15, 0.2) is 30.6 Å². The van der Waals surface area contributed by atoms with E-state index >= 15 is 0 Å². The molecule has 1 N–H and O–H groups in total. The highest BCUT2D eigenvalue weighted by Gasteiger charge is 2.44. The van der Waals surface area contributed by atoms with Crippen molar-refractivity contribution in [2.45, 2.75) is 12.8 Å². The van der Waals surface area contributed by atoms with Crippen LogP contribution in [0.4, 0.5) is 0 Å². The lowest BCUT2D eigenvalue weighted by Crippen LogP contribution is -2.52. The van der Waals surface area contributed by atoms with Gasteiger partial charge in [0.15, 0.2) is 0 Å². The van der Waals surface area contributed by atoms with Crippen molar-refractivity contribution in [3.05, 3.63) is 36.2 Å². The van der Waals surface area contributed by atoms with Crippen LogP contribution in [-0.2, 0) is 9.53 Å². The molecule has 0 bridgehead atoms. The van der Waals surface area contributed by atoms with Gasteiger partial charge in [-0.2, -0.15) is 5.10 Å². The normalized spacial score (nSPS) is 21.5. The number of hydrogen-bond donors (Lipinski definition) is 1. The van der Waals surface area contributed by atoms with Crippen molar-refractivity contribution in [3.63, 3.8) is 0 Å². The first-order chi connectivity index (χ1) is 11.1. The van der Waals surface area contributed by atoms with Crippen LogP contribution < -0.4 is 0 Å². The van der Waals surface area contributed by atoms with Crippen LogP contribution in [0.3, 0.4) is 0 Å². The lowest BCUT2D eigenvalue weighted by Gasteiger charge is -2.39. The van der Waals surface area contributed by atoms with Crippen molar-refractivity contribution in [2.75, 3.05) is 26.8 Å². The summed E-state index contributed by atoms with van der Waals surface area (Å²) >= 11 is 0. The molecular formula is C16H19N3O4. The third kappa shape index (κ3) is 2.68. The summed E-state index contributed by atoms with van der Waals surface area (Å²) < 4.78 is 6.74. The molecule has 1 fully saturated rings. The second-order valence-corrected chi connectivity index (χ2v) is 5.94. The summed E-state index contributed by atoms with van der Waals surface area (Å²) in [6, 6.07) is 5.50. The lowest BCUT2D eigenvalue weighted by molar-refractivity contribution is -0.155. The van der Waals surface area contributed by atoms with E-state index in [1.54, 1.807) is 15.6 Å². The number of rotatable bonds is 4. The Balaban J connectivity index is 1.89. The molecule has 23 heavy (non-hydrogen) atoms. The number of nitrogens with zero attached hydrogens (tertiary/aromatic N) is 3. The van der Waals surface area contributed by atoms with E-state index in [1.165, 1.54) is 13.3 Å². The molecule has 1 aliphatic heterocycles. The third-order valence-corrected chi connectivity index (χ3v) is 4.40. The molecular weight excluding hydrogens is 298 g/mol. The predicted molar refractivity (Wildman–Crippen MR) is 82.3 cm³/mol. The number of hydrogen-bond acceptors (Lipinski definition) is 4. The number of carbonyl (C=O) groups excluding carboxylic acids is 1. The molecule has 1 aliphatic rings. The Labute approximate surface area is 133 Å². The summed E-state index contributed by atoms with van der Waals surface area (Å²) in [5.74, 6) is -1.11. The minimum atomic E-state index is -1.04. The van der Waals surface area contributed by atoms with Gasteiger partial charge in [0.05, 0.1) is 23.9 Å². The molecule has 0 spiro atoms. The van der Waals surface area contributed by atoms with Crippen molar-refractivity contribution in [1.29, 1.82) is 0 Å². The fourth-order valence-electron chi connectivity index (χ4n) is 3.21. The van der Waals surface area contributed by atoms with E-state index in [1.807, 2.05) is 18.2 Å². The number of methoxy groups -OCH3 is 1. The fourth-order valence-corrected chi connectivity index (χ4v) is 3.21. The zero-order valence-electron chi connectivity index (χ0n) is 12.9. The van der Waals surface area contributed by atoms with Gasteiger partial charge in [-0.25, -0.2) is 4.52 Å². The standard InChI is InChI=1S/C16H19N3O4/c1-23-11-16(15(21)22)6-4-7-18(10-16)14(20)12-9-17-19-8-3-2-5-13(12)19/h2-3,5,8-9H,4,6-7,10-11H2,1H3,(H,21,22). The number of aromatic nitrogens is 2. The largest absolute Gasteiger partial charge is 0.481 e. The van der Waals surface area contributed by atoms with Crippen molar-refractivity contribution < 1.29 is 19.4 Å². The van der Waals surface area contributed by atoms with E-state index in [0.29, 0.717) is 24.9 Å². The second kappa shape index (κ2) is 6.00. The number of carboxylic acids is 1. The van der Waals surface area contributed by atoms with Crippen LogP contribution >= 0.6 is 0 Å². The topological polar surface area (TPSA) is 84.1 Å². The number of likely N-dealkylation sites (tertiary alicyclic amines) is 1. The van der Waals surface area contributed by atoms with Gasteiger partial charge in [0.1, 0.15) is 5.41 Å². The monoisotopic (exact) mass is 317 g/mol. The molecule has 0 aromatic carbocycles. The van der Waals surface area contributed by atoms with E-state index in [2.05, 4.69) is 5.10 Å². The Kier molecular flexibility index (Phi) is 4.04. The Morgan fingerprint density at radius 1 is 1.43 bits per heavy atom. The quantitative estimate of drug-likeness (QED) is 0.918. The maximum atomic E-state index is 12.8. The molecule has 1 saturated heterocycles. The summed E-state index contributed by atoms with van der Waals surface area (Å²) in [5, 5.41) is 13.8. The van der Waals surface area contributed by atoms with Crippen LogP contribution in [-0.4, -0.2) is 58.3 Å². The first-order valence-corrected chi connectivity index (χ1v) is 7.51. The highest BCUT2D eigenvalue weighted by molar-refractivity contribution is 6.00. The van der Waals surface area contributed by atoms with Gasteiger partial charge >= 0.3 is 5.97 Å². The number of piperidine rings is 1. The fraction of sp³-hybridized carbons (Fsp3) is 0.438. The van der Waals surface area contributed by atoms with E-state index in [0.717, 1.165) is 5.52 Å². The van der Waals surface area contributed by atoms with Gasteiger partial charge in [0.2, 0.25) is 0 Å². The molecule has 7 heteroatoms. The lowest BCUT2D eigenvalue weighted by atomic mass is 9.80. The zero-order chi connectivity index (χ0) is 16.4. The summed E-state index contributed by atoms with van der Waals surface area (Å²) in [6.45, 7) is 0.793. The molecule has 122 valence electrons. The number of carbonyl (C=O) groups is 2. The van der Waals surface area contributed by atoms with E-state index < -0.39 is 11.4 Å². The molecule has 3 heterocycles. The van der Waals surface area contributed by atoms with Crippen molar-refractivity contribution in [2.24, 2.45) is 5.41 Å². The molecule has 2 aromatic rings. The summed E-state index contributed by atoms with van der Waals surface area (Å²) in [4.78, 5) is 26.1. The molecule has 1 amide bonds. The molecule has 1 unspecified atom stereocenters. The molecule has 2 aromatic heterocycles. The number of aliphatic carboxylic acids is 1. The molecule has 0 radical (unpaired) electrons. The summed E-state index contributed by atoms with van der Waals surface area (Å²) in [6.07, 6.45) is 4.45. The van der Waals surface area contributed by atoms with E-state index in [9.17, 15) is 14.7 Å². The minimum Gasteiger partial charge on any atom is -0.481 e. The Hall–Kier alpha value is -2.41. The van der Waals surface area contributed by atoms with Gasteiger partial charge < -0.3 is 14.7 Å². The SMILES string of the molecule is COCC1(C(=O)O)CCCN(C(=O)c2cnn3ccccc23)C1. The average Bonchev–Trinajstić information content (AvgIpc) is 2.98. The Bertz CT molecular complexity index is 738. The highest BCUT2D eigenvalue weighted by Crippen LogP contribution is 2.32. The Morgan fingerprint density at radius 2 is 2.26 bits per heavy atom. The average molecular weight is 317 g/mol. The molecule has 3 rings (SSSR count). The molecule has 0 aliphatic carbocycles. The number of amides is 1. The van der Waals surface area contributed by atoms with E-state index in [-0.39, 0.29) is 19.1 Å². The zero-order valence-corrected chi connectivity index (χ0v) is 12.9. The number of ether oxygens (including phenoxy) is 1. The maximum absolute atomic E-state index is 12.8. The van der Waals surface area contributed by atoms with Crippen LogP contribution in [0.2, 0.25) is 0 Å². The summed E-state index contributed by atoms with van der Waals surface area (Å²) in [7, 11) is 1.48. The van der Waals surface area contributed by atoms with Crippen LogP contribution in [0.25, 0.3) is 5.52 Å². The number of fused-ring (bicyclic) bond motifs is 1. The molecule has 0 saturated carbocycles. The second-order valence-electron chi connectivity index (χ2n) is 5.94. The van der Waals surface area contributed by atoms with E-state index in [4.69, 9.17) is 4.74 Å². The predicted octanol–water partition coefficient (Wildman–Crippen LogP) is 1.29. The minimum absolute atomic E-state index is 0.0981. The van der Waals surface area contributed by atoms with Crippen molar-refractivity contribution in [3.8, 4) is 0 Å². The van der Waals surface area contributed by atoms with Gasteiger partial charge in [-0.1, -0.05) is 6.07 Å². The van der Waals surface area contributed by atoms with Crippen LogP contribution in [0.1, 0.15) is 23.2 Å². The third-order valence-electron chi connectivity index (χ3n) is 4.40. The van der Waals surface area contributed by atoms with Gasteiger partial charge in [0.25, 0.3) is 5.91 Å². The van der Waals surface area contributed by atoms with Crippen LogP contribution in [0, 0.1) is 5.41 Å². The number of carboxylic acid groups (broad SMARTS) is 1. The van der Waals surface area contributed by atoms with Gasteiger partial charge in [-0.3, -0.25) is 9.59 Å². The summed E-state index contributed by atoms with van der Waals surface area (Å²) in [5.41, 5.74) is 0.172. The van der Waals surface area contributed by atoms with Gasteiger partial charge in [0, 0.05) is 26.4 Å². The van der Waals surface area contributed by atoms with Crippen molar-refractivity contribution >= 4 is 17.4 Å². The van der Waals surface area contributed by atoms with Crippen molar-refractivity contribution in [1.82, 2.24) is 14.5 Å². The number of pyridine rings is 1. The van der Waals surface area contributed by atoms with Crippen LogP contribution in [0.5, 0.6) is 0 Å². The van der Waals surface area contributed by atoms with Gasteiger partial charge in [-0.15, -0.1) is 0 Å². The van der Waals surface area contributed by atoms with Gasteiger partial charge in [-0.05, 0) is 25.0 Å². The molecule has 1 atom stereocenters.